The first-order chi connectivity index (χ1) is 17.7. The van der Waals surface area contributed by atoms with Crippen LogP contribution in [0.4, 0.5) is 10.2 Å². The molecule has 10 heteroatoms. The third kappa shape index (κ3) is 4.17. The fourth-order valence-electron chi connectivity index (χ4n) is 4.39. The monoisotopic (exact) mass is 483 g/mol. The zero-order valence-electron chi connectivity index (χ0n) is 19.3. The van der Waals surface area contributed by atoms with E-state index in [4.69, 9.17) is 4.74 Å². The SMILES string of the molecule is O=C(COc1ccc2ccccc2c1)N1CCN(c2ncnc3c2nnn3-c2ccc(F)cc2)CC1. The number of nitrogens with zero attached hydrogens (tertiary/aromatic N) is 7. The molecule has 0 atom stereocenters. The Morgan fingerprint density at radius 2 is 1.69 bits per heavy atom. The van der Waals surface area contributed by atoms with Crippen molar-refractivity contribution in [3.63, 3.8) is 0 Å². The van der Waals surface area contributed by atoms with E-state index < -0.39 is 0 Å². The number of carbonyl (C=O) groups is 1. The highest BCUT2D eigenvalue weighted by Crippen LogP contribution is 2.24. The summed E-state index contributed by atoms with van der Waals surface area (Å²) in [4.78, 5) is 25.4. The summed E-state index contributed by atoms with van der Waals surface area (Å²) in [5, 5.41) is 10.7. The molecule has 180 valence electrons. The molecule has 6 rings (SSSR count). The number of benzene rings is 3. The number of carbonyl (C=O) groups excluding carboxylic acids is 1. The second-order valence-corrected chi connectivity index (χ2v) is 8.51. The quantitative estimate of drug-likeness (QED) is 0.379. The average Bonchev–Trinajstić information content (AvgIpc) is 3.36. The normalized spacial score (nSPS) is 13.9. The van der Waals surface area contributed by atoms with Crippen LogP contribution in [0.3, 0.4) is 0 Å². The van der Waals surface area contributed by atoms with E-state index in [0.717, 1.165) is 10.8 Å². The van der Waals surface area contributed by atoms with Gasteiger partial charge in [-0.1, -0.05) is 35.5 Å². The maximum atomic E-state index is 13.3. The molecular formula is C26H22FN7O2. The van der Waals surface area contributed by atoms with Gasteiger partial charge in [-0.3, -0.25) is 4.79 Å². The molecule has 0 unspecified atom stereocenters. The van der Waals surface area contributed by atoms with Crippen LogP contribution in [0.1, 0.15) is 0 Å². The Labute approximate surface area is 205 Å². The molecule has 0 spiro atoms. The van der Waals surface area contributed by atoms with Crippen LogP contribution < -0.4 is 9.64 Å². The lowest BCUT2D eigenvalue weighted by Crippen LogP contribution is -2.50. The van der Waals surface area contributed by atoms with Crippen LogP contribution in [0.25, 0.3) is 27.6 Å². The van der Waals surface area contributed by atoms with Crippen molar-refractivity contribution in [3.8, 4) is 11.4 Å². The second kappa shape index (κ2) is 9.21. The minimum Gasteiger partial charge on any atom is -0.484 e. The Morgan fingerprint density at radius 3 is 2.50 bits per heavy atom. The zero-order valence-corrected chi connectivity index (χ0v) is 19.3. The van der Waals surface area contributed by atoms with Gasteiger partial charge in [-0.25, -0.2) is 14.4 Å². The summed E-state index contributed by atoms with van der Waals surface area (Å²) in [5.74, 6) is 0.952. The molecule has 0 saturated carbocycles. The standard InChI is InChI=1S/C26H22FN7O2/c27-20-6-8-21(9-7-20)34-26-24(30-31-34)25(28-17-29-26)33-13-11-32(12-14-33)23(35)16-36-22-10-5-18-3-1-2-4-19(18)15-22/h1-10,15,17H,11-14,16H2. The molecule has 1 saturated heterocycles. The molecule has 0 radical (unpaired) electrons. The van der Waals surface area contributed by atoms with E-state index in [1.807, 2.05) is 42.5 Å². The Balaban J connectivity index is 1.11. The Kier molecular flexibility index (Phi) is 5.61. The first-order valence-electron chi connectivity index (χ1n) is 11.6. The number of hydrogen-bond donors (Lipinski definition) is 0. The van der Waals surface area contributed by atoms with E-state index in [2.05, 4.69) is 25.2 Å². The van der Waals surface area contributed by atoms with Gasteiger partial charge >= 0.3 is 0 Å². The Bertz CT molecular complexity index is 1550. The van der Waals surface area contributed by atoms with Gasteiger partial charge in [-0.05, 0) is 47.2 Å². The lowest BCUT2D eigenvalue weighted by molar-refractivity contribution is -0.133. The first-order valence-corrected chi connectivity index (χ1v) is 11.6. The smallest absolute Gasteiger partial charge is 0.260 e. The number of halogens is 1. The molecule has 0 N–H and O–H groups in total. The summed E-state index contributed by atoms with van der Waals surface area (Å²) < 4.78 is 20.7. The molecule has 5 aromatic rings. The van der Waals surface area contributed by atoms with Gasteiger partial charge in [0.05, 0.1) is 5.69 Å². The maximum Gasteiger partial charge on any atom is 0.260 e. The fourth-order valence-corrected chi connectivity index (χ4v) is 4.39. The molecule has 0 bridgehead atoms. The topological polar surface area (TPSA) is 89.3 Å². The van der Waals surface area contributed by atoms with Crippen LogP contribution in [-0.4, -0.2) is 68.6 Å². The van der Waals surface area contributed by atoms with Gasteiger partial charge in [0.25, 0.3) is 5.91 Å². The molecule has 36 heavy (non-hydrogen) atoms. The number of aromatic nitrogens is 5. The van der Waals surface area contributed by atoms with E-state index in [1.54, 1.807) is 21.7 Å². The summed E-state index contributed by atoms with van der Waals surface area (Å²) in [6.07, 6.45) is 1.47. The number of amides is 1. The van der Waals surface area contributed by atoms with Crippen molar-refractivity contribution in [2.24, 2.45) is 0 Å². The third-order valence-electron chi connectivity index (χ3n) is 6.30. The zero-order chi connectivity index (χ0) is 24.5. The molecule has 2 aromatic heterocycles. The van der Waals surface area contributed by atoms with Gasteiger partial charge in [0.15, 0.2) is 23.6 Å². The molecule has 0 aliphatic carbocycles. The van der Waals surface area contributed by atoms with Crippen molar-refractivity contribution < 1.29 is 13.9 Å². The third-order valence-corrected chi connectivity index (χ3v) is 6.30. The first kappa shape index (κ1) is 21.9. The Hall–Kier alpha value is -4.60. The van der Waals surface area contributed by atoms with Gasteiger partial charge in [-0.2, -0.15) is 4.68 Å². The van der Waals surface area contributed by atoms with Gasteiger partial charge in [0.1, 0.15) is 17.9 Å². The lowest BCUT2D eigenvalue weighted by atomic mass is 10.1. The van der Waals surface area contributed by atoms with Gasteiger partial charge in [-0.15, -0.1) is 5.10 Å². The highest BCUT2D eigenvalue weighted by molar-refractivity contribution is 5.85. The fraction of sp³-hybridized carbons (Fsp3) is 0.192. The second-order valence-electron chi connectivity index (χ2n) is 8.51. The van der Waals surface area contributed by atoms with Crippen molar-refractivity contribution in [2.45, 2.75) is 0 Å². The van der Waals surface area contributed by atoms with E-state index >= 15 is 0 Å². The van der Waals surface area contributed by atoms with E-state index in [9.17, 15) is 9.18 Å². The number of rotatable bonds is 5. The summed E-state index contributed by atoms with van der Waals surface area (Å²) in [6, 6.07) is 19.8. The number of piperazine rings is 1. The summed E-state index contributed by atoms with van der Waals surface area (Å²) in [7, 11) is 0. The van der Waals surface area contributed by atoms with Crippen LogP contribution >= 0.6 is 0 Å². The van der Waals surface area contributed by atoms with E-state index in [-0.39, 0.29) is 18.3 Å². The van der Waals surface area contributed by atoms with Crippen molar-refractivity contribution in [2.75, 3.05) is 37.7 Å². The summed E-state index contributed by atoms with van der Waals surface area (Å²) in [5.41, 5.74) is 1.75. The van der Waals surface area contributed by atoms with Crippen molar-refractivity contribution >= 4 is 33.7 Å². The summed E-state index contributed by atoms with van der Waals surface area (Å²) >= 11 is 0. The van der Waals surface area contributed by atoms with Gasteiger partial charge in [0.2, 0.25) is 0 Å². The van der Waals surface area contributed by atoms with Crippen molar-refractivity contribution in [1.29, 1.82) is 0 Å². The van der Waals surface area contributed by atoms with Crippen LogP contribution in [0.15, 0.2) is 73.1 Å². The summed E-state index contributed by atoms with van der Waals surface area (Å²) in [6.45, 7) is 2.26. The highest BCUT2D eigenvalue weighted by atomic mass is 19.1. The highest BCUT2D eigenvalue weighted by Gasteiger charge is 2.25. The van der Waals surface area contributed by atoms with Gasteiger partial charge in [0, 0.05) is 26.2 Å². The predicted octanol–water partition coefficient (Wildman–Crippen LogP) is 3.23. The van der Waals surface area contributed by atoms with Crippen LogP contribution in [0.2, 0.25) is 0 Å². The van der Waals surface area contributed by atoms with E-state index in [1.165, 1.54) is 18.5 Å². The molecule has 1 aliphatic rings. The van der Waals surface area contributed by atoms with Gasteiger partial charge < -0.3 is 14.5 Å². The number of ether oxygens (including phenoxy) is 1. The average molecular weight is 484 g/mol. The molecule has 1 amide bonds. The van der Waals surface area contributed by atoms with Crippen LogP contribution in [-0.2, 0) is 4.79 Å². The molecule has 1 aliphatic heterocycles. The largest absolute Gasteiger partial charge is 0.484 e. The maximum absolute atomic E-state index is 13.3. The van der Waals surface area contributed by atoms with Crippen molar-refractivity contribution in [3.05, 3.63) is 78.9 Å². The number of anilines is 1. The minimum absolute atomic E-state index is 0.0118. The predicted molar refractivity (Wildman–Crippen MR) is 133 cm³/mol. The molecule has 1 fully saturated rings. The number of fused-ring (bicyclic) bond motifs is 2. The van der Waals surface area contributed by atoms with Crippen molar-refractivity contribution in [1.82, 2.24) is 29.9 Å². The molecular weight excluding hydrogens is 461 g/mol. The minimum atomic E-state index is -0.325. The lowest BCUT2D eigenvalue weighted by Gasteiger charge is -2.35. The van der Waals surface area contributed by atoms with E-state index in [0.29, 0.717) is 54.6 Å². The number of hydrogen-bond acceptors (Lipinski definition) is 7. The molecule has 9 nitrogen and oxygen atoms in total. The Morgan fingerprint density at radius 1 is 0.917 bits per heavy atom. The molecule has 3 heterocycles. The van der Waals surface area contributed by atoms with Crippen LogP contribution in [0, 0.1) is 5.82 Å². The van der Waals surface area contributed by atoms with Crippen LogP contribution in [0.5, 0.6) is 5.75 Å². The molecule has 3 aromatic carbocycles.